The molecule has 21 heavy (non-hydrogen) atoms. The van der Waals surface area contributed by atoms with Crippen molar-refractivity contribution in [3.05, 3.63) is 23.9 Å². The topological polar surface area (TPSA) is 71.5 Å². The molecule has 1 aromatic heterocycles. The van der Waals surface area contributed by atoms with Crippen LogP contribution in [-0.2, 0) is 0 Å². The first-order chi connectivity index (χ1) is 9.76. The van der Waals surface area contributed by atoms with Gasteiger partial charge in [-0.1, -0.05) is 0 Å². The molecule has 1 amide bonds. The highest BCUT2D eigenvalue weighted by Crippen LogP contribution is 2.23. The summed E-state index contributed by atoms with van der Waals surface area (Å²) in [5.74, 6) is -5.09. The molecule has 1 unspecified atom stereocenters. The van der Waals surface area contributed by atoms with E-state index in [1.54, 1.807) is 6.92 Å². The quantitative estimate of drug-likeness (QED) is 0.748. The first kappa shape index (κ1) is 17.2. The lowest BCUT2D eigenvalue weighted by atomic mass is 10.2. The number of aliphatic hydroxyl groups excluding tert-OH is 1. The third-order valence-corrected chi connectivity index (χ3v) is 2.38. The summed E-state index contributed by atoms with van der Waals surface area (Å²) in [6, 6.07) is 1.89. The van der Waals surface area contributed by atoms with E-state index >= 15 is 0 Å². The molecular formula is C12H14F4N2O3. The van der Waals surface area contributed by atoms with Crippen molar-refractivity contribution in [2.45, 2.75) is 25.3 Å². The van der Waals surface area contributed by atoms with Crippen LogP contribution in [0.25, 0.3) is 0 Å². The van der Waals surface area contributed by atoms with Gasteiger partial charge in [0.15, 0.2) is 6.61 Å². The monoisotopic (exact) mass is 310 g/mol. The molecule has 0 aliphatic carbocycles. The maximum absolute atomic E-state index is 12.6. The number of hydrogen-bond acceptors (Lipinski definition) is 4. The van der Waals surface area contributed by atoms with Crippen LogP contribution in [0.2, 0.25) is 0 Å². The third kappa shape index (κ3) is 5.18. The molecule has 0 saturated carbocycles. The van der Waals surface area contributed by atoms with Crippen LogP contribution in [-0.4, -0.2) is 47.6 Å². The van der Waals surface area contributed by atoms with E-state index in [1.165, 1.54) is 6.07 Å². The Kier molecular flexibility index (Phi) is 5.89. The Labute approximate surface area is 117 Å². The zero-order valence-corrected chi connectivity index (χ0v) is 11.0. The fourth-order valence-corrected chi connectivity index (χ4v) is 1.19. The minimum Gasteiger partial charge on any atom is -0.471 e. The van der Waals surface area contributed by atoms with Crippen LogP contribution >= 0.6 is 0 Å². The highest BCUT2D eigenvalue weighted by atomic mass is 19.3. The molecule has 118 valence electrons. The molecule has 1 heterocycles. The molecule has 0 radical (unpaired) electrons. The van der Waals surface area contributed by atoms with E-state index in [9.17, 15) is 22.4 Å². The largest absolute Gasteiger partial charge is 0.471 e. The van der Waals surface area contributed by atoms with Gasteiger partial charge in [-0.3, -0.25) is 4.79 Å². The lowest BCUT2D eigenvalue weighted by molar-refractivity contribution is -0.148. The van der Waals surface area contributed by atoms with Gasteiger partial charge in [0.05, 0.1) is 12.2 Å². The molecule has 0 fully saturated rings. The first-order valence-electron chi connectivity index (χ1n) is 5.93. The zero-order valence-electron chi connectivity index (χ0n) is 11.0. The lowest BCUT2D eigenvalue weighted by Gasteiger charge is -2.15. The van der Waals surface area contributed by atoms with Gasteiger partial charge in [0.2, 0.25) is 5.88 Å². The number of nitrogens with zero attached hydrogens (tertiary/aromatic N) is 1. The fraction of sp³-hybridized carbons (Fsp3) is 0.500. The van der Waals surface area contributed by atoms with E-state index in [2.05, 4.69) is 15.0 Å². The van der Waals surface area contributed by atoms with Crippen molar-refractivity contribution in [3.63, 3.8) is 0 Å². The number of alkyl halides is 4. The standard InChI is InChI=1S/C12H14F4N2O3/c1-7(5-19)18-10(20)8-2-3-9(17-4-8)21-6-12(15,16)11(13)14/h2-4,7,11,19H,5-6H2,1H3,(H,18,20). The summed E-state index contributed by atoms with van der Waals surface area (Å²) in [7, 11) is 0. The minimum absolute atomic E-state index is 0.114. The van der Waals surface area contributed by atoms with Crippen molar-refractivity contribution in [1.29, 1.82) is 0 Å². The van der Waals surface area contributed by atoms with Gasteiger partial charge in [0.1, 0.15) is 0 Å². The van der Waals surface area contributed by atoms with E-state index in [1.807, 2.05) is 0 Å². The Morgan fingerprint density at radius 1 is 1.48 bits per heavy atom. The average Bonchev–Trinajstić information content (AvgIpc) is 2.45. The summed E-state index contributed by atoms with van der Waals surface area (Å²) in [6.45, 7) is -0.178. The molecule has 1 rings (SSSR count). The van der Waals surface area contributed by atoms with Crippen LogP contribution in [0.4, 0.5) is 17.6 Å². The Morgan fingerprint density at radius 3 is 2.62 bits per heavy atom. The molecule has 2 N–H and O–H groups in total. The van der Waals surface area contributed by atoms with E-state index in [4.69, 9.17) is 5.11 Å². The Bertz CT molecular complexity index is 468. The number of carbonyl (C=O) groups excluding carboxylic acids is 1. The van der Waals surface area contributed by atoms with E-state index in [0.29, 0.717) is 0 Å². The molecule has 0 spiro atoms. The molecule has 0 bridgehead atoms. The molecular weight excluding hydrogens is 296 g/mol. The van der Waals surface area contributed by atoms with Crippen LogP contribution in [0, 0.1) is 0 Å². The number of rotatable bonds is 7. The second kappa shape index (κ2) is 7.21. The highest BCUT2D eigenvalue weighted by molar-refractivity contribution is 5.94. The molecule has 1 aromatic rings. The average molecular weight is 310 g/mol. The summed E-state index contributed by atoms with van der Waals surface area (Å²) in [5, 5.41) is 11.2. The maximum atomic E-state index is 12.6. The van der Waals surface area contributed by atoms with Gasteiger partial charge >= 0.3 is 12.3 Å². The maximum Gasteiger partial charge on any atom is 0.340 e. The van der Waals surface area contributed by atoms with Gasteiger partial charge in [0.25, 0.3) is 5.91 Å². The van der Waals surface area contributed by atoms with Crippen LogP contribution in [0.1, 0.15) is 17.3 Å². The normalized spacial score (nSPS) is 13.1. The van der Waals surface area contributed by atoms with Crippen LogP contribution < -0.4 is 10.1 Å². The van der Waals surface area contributed by atoms with Crippen molar-refractivity contribution >= 4 is 5.91 Å². The molecule has 1 atom stereocenters. The minimum atomic E-state index is -4.27. The van der Waals surface area contributed by atoms with Gasteiger partial charge in [-0.05, 0) is 13.0 Å². The van der Waals surface area contributed by atoms with Crippen LogP contribution in [0.5, 0.6) is 5.88 Å². The molecule has 9 heteroatoms. The second-order valence-corrected chi connectivity index (χ2v) is 4.29. The number of aliphatic hydroxyl groups is 1. The van der Waals surface area contributed by atoms with Crippen molar-refractivity contribution < 1.29 is 32.2 Å². The molecule has 5 nitrogen and oxygen atoms in total. The smallest absolute Gasteiger partial charge is 0.340 e. The molecule has 0 aliphatic rings. The van der Waals surface area contributed by atoms with Crippen LogP contribution in [0.15, 0.2) is 18.3 Å². The summed E-state index contributed by atoms with van der Waals surface area (Å²) < 4.78 is 53.6. The van der Waals surface area contributed by atoms with E-state index in [-0.39, 0.29) is 18.1 Å². The van der Waals surface area contributed by atoms with E-state index in [0.717, 1.165) is 12.3 Å². The van der Waals surface area contributed by atoms with Crippen molar-refractivity contribution in [3.8, 4) is 5.88 Å². The number of hydrogen-bond donors (Lipinski definition) is 2. The molecule has 0 aliphatic heterocycles. The van der Waals surface area contributed by atoms with Gasteiger partial charge in [-0.2, -0.15) is 8.78 Å². The summed E-state index contributed by atoms with van der Waals surface area (Å²) in [5.41, 5.74) is 0.114. The number of pyridine rings is 1. The Balaban J connectivity index is 2.60. The van der Waals surface area contributed by atoms with Crippen molar-refractivity contribution in [2.24, 2.45) is 0 Å². The number of carbonyl (C=O) groups is 1. The number of amides is 1. The van der Waals surface area contributed by atoms with Gasteiger partial charge in [-0.15, -0.1) is 0 Å². The van der Waals surface area contributed by atoms with Gasteiger partial charge in [-0.25, -0.2) is 13.8 Å². The number of halogens is 4. The zero-order chi connectivity index (χ0) is 16.0. The second-order valence-electron chi connectivity index (χ2n) is 4.29. The highest BCUT2D eigenvalue weighted by Gasteiger charge is 2.41. The number of nitrogens with one attached hydrogen (secondary N) is 1. The summed E-state index contributed by atoms with van der Waals surface area (Å²) in [6.07, 6.45) is -2.78. The third-order valence-electron chi connectivity index (χ3n) is 2.38. The van der Waals surface area contributed by atoms with Gasteiger partial charge in [0, 0.05) is 18.3 Å². The van der Waals surface area contributed by atoms with Gasteiger partial charge < -0.3 is 15.2 Å². The predicted octanol–water partition coefficient (Wildman–Crippen LogP) is 1.47. The van der Waals surface area contributed by atoms with Crippen molar-refractivity contribution in [2.75, 3.05) is 13.2 Å². The summed E-state index contributed by atoms with van der Waals surface area (Å²) in [4.78, 5) is 15.2. The van der Waals surface area contributed by atoms with Crippen LogP contribution in [0.3, 0.4) is 0 Å². The van der Waals surface area contributed by atoms with Crippen molar-refractivity contribution in [1.82, 2.24) is 10.3 Å². The number of ether oxygens (including phenoxy) is 1. The van der Waals surface area contributed by atoms with E-state index < -0.39 is 30.9 Å². The Morgan fingerprint density at radius 2 is 2.14 bits per heavy atom. The first-order valence-corrected chi connectivity index (χ1v) is 5.93. The fourth-order valence-electron chi connectivity index (χ4n) is 1.19. The Hall–Kier alpha value is -1.90. The predicted molar refractivity (Wildman–Crippen MR) is 64.7 cm³/mol. The number of aromatic nitrogens is 1. The molecule has 0 saturated heterocycles. The summed E-state index contributed by atoms with van der Waals surface area (Å²) >= 11 is 0. The molecule has 0 aromatic carbocycles. The lowest BCUT2D eigenvalue weighted by Crippen LogP contribution is -2.35. The SMILES string of the molecule is CC(CO)NC(=O)c1ccc(OCC(F)(F)C(F)F)nc1.